The molecular formula is C9H12N3. The molecule has 3 nitrogen and oxygen atoms in total. The molecule has 1 aromatic rings. The highest BCUT2D eigenvalue weighted by molar-refractivity contribution is 5.46. The summed E-state index contributed by atoms with van der Waals surface area (Å²) in [5.41, 5.74) is 6.26. The van der Waals surface area contributed by atoms with E-state index in [1.807, 2.05) is 12.1 Å². The molecule has 2 heterocycles. The van der Waals surface area contributed by atoms with Gasteiger partial charge in [-0.3, -0.25) is 0 Å². The molecule has 0 amide bonds. The van der Waals surface area contributed by atoms with Crippen LogP contribution in [0.5, 0.6) is 0 Å². The fourth-order valence-electron chi connectivity index (χ4n) is 1.38. The molecular weight excluding hydrogens is 150 g/mol. The average molecular weight is 162 g/mol. The van der Waals surface area contributed by atoms with Crippen molar-refractivity contribution >= 4 is 11.5 Å². The van der Waals surface area contributed by atoms with Crippen LogP contribution in [0, 0.1) is 6.42 Å². The van der Waals surface area contributed by atoms with Crippen LogP contribution in [-0.2, 0) is 0 Å². The van der Waals surface area contributed by atoms with Gasteiger partial charge in [0.25, 0.3) is 0 Å². The number of nitrogen functional groups attached to an aromatic ring is 1. The SMILES string of the molecule is Nc1ccc(N2C[CH]CC2)nc1. The van der Waals surface area contributed by atoms with E-state index in [2.05, 4.69) is 16.3 Å². The van der Waals surface area contributed by atoms with Crippen molar-refractivity contribution in [3.05, 3.63) is 24.8 Å². The van der Waals surface area contributed by atoms with Gasteiger partial charge >= 0.3 is 0 Å². The number of hydrogen-bond donors (Lipinski definition) is 1. The minimum Gasteiger partial charge on any atom is -0.397 e. The largest absolute Gasteiger partial charge is 0.397 e. The third-order valence-corrected chi connectivity index (χ3v) is 2.05. The molecule has 1 fully saturated rings. The Morgan fingerprint density at radius 1 is 1.42 bits per heavy atom. The van der Waals surface area contributed by atoms with Crippen LogP contribution in [0.15, 0.2) is 18.3 Å². The van der Waals surface area contributed by atoms with E-state index in [0.29, 0.717) is 0 Å². The quantitative estimate of drug-likeness (QED) is 0.671. The molecule has 0 aliphatic carbocycles. The molecule has 0 saturated carbocycles. The lowest BCUT2D eigenvalue weighted by Gasteiger charge is -2.15. The van der Waals surface area contributed by atoms with Crippen molar-refractivity contribution in [2.75, 3.05) is 23.7 Å². The first-order valence-electron chi connectivity index (χ1n) is 4.14. The Kier molecular flexibility index (Phi) is 1.86. The average Bonchev–Trinajstić information content (AvgIpc) is 2.58. The lowest BCUT2D eigenvalue weighted by Crippen LogP contribution is -2.18. The Balaban J connectivity index is 2.17. The van der Waals surface area contributed by atoms with Crippen molar-refractivity contribution in [3.63, 3.8) is 0 Å². The van der Waals surface area contributed by atoms with E-state index in [1.54, 1.807) is 6.20 Å². The zero-order chi connectivity index (χ0) is 8.39. The first-order valence-corrected chi connectivity index (χ1v) is 4.14. The molecule has 1 radical (unpaired) electrons. The second-order valence-electron chi connectivity index (χ2n) is 2.97. The normalized spacial score (nSPS) is 16.8. The first kappa shape index (κ1) is 7.40. The van der Waals surface area contributed by atoms with Crippen LogP contribution in [0.4, 0.5) is 11.5 Å². The fourth-order valence-corrected chi connectivity index (χ4v) is 1.38. The van der Waals surface area contributed by atoms with Crippen molar-refractivity contribution in [2.24, 2.45) is 0 Å². The molecule has 0 atom stereocenters. The Hall–Kier alpha value is -1.25. The molecule has 12 heavy (non-hydrogen) atoms. The molecule has 1 aliphatic heterocycles. The van der Waals surface area contributed by atoms with Crippen LogP contribution >= 0.6 is 0 Å². The van der Waals surface area contributed by atoms with Crippen LogP contribution in [0.2, 0.25) is 0 Å². The van der Waals surface area contributed by atoms with E-state index in [9.17, 15) is 0 Å². The third kappa shape index (κ3) is 1.35. The Labute approximate surface area is 72.2 Å². The van der Waals surface area contributed by atoms with Crippen LogP contribution in [0.1, 0.15) is 6.42 Å². The van der Waals surface area contributed by atoms with Crippen LogP contribution in [0.25, 0.3) is 0 Å². The number of hydrogen-bond acceptors (Lipinski definition) is 3. The van der Waals surface area contributed by atoms with Crippen LogP contribution < -0.4 is 10.6 Å². The van der Waals surface area contributed by atoms with Crippen LogP contribution in [-0.4, -0.2) is 18.1 Å². The summed E-state index contributed by atoms with van der Waals surface area (Å²) in [5.74, 6) is 1.03. The standard InChI is InChI=1S/C9H12N3/c10-8-3-4-9(11-7-8)12-5-1-2-6-12/h1,3-4,7H,2,5-6,10H2. The third-order valence-electron chi connectivity index (χ3n) is 2.05. The van der Waals surface area contributed by atoms with Crippen LogP contribution in [0.3, 0.4) is 0 Å². The van der Waals surface area contributed by atoms with Crippen molar-refractivity contribution in [3.8, 4) is 0 Å². The molecule has 2 N–H and O–H groups in total. The van der Waals surface area contributed by atoms with Gasteiger partial charge in [-0.1, -0.05) is 0 Å². The lowest BCUT2D eigenvalue weighted by molar-refractivity contribution is 0.939. The van der Waals surface area contributed by atoms with Gasteiger partial charge in [-0.25, -0.2) is 4.98 Å². The summed E-state index contributed by atoms with van der Waals surface area (Å²) in [6.45, 7) is 2.09. The first-order chi connectivity index (χ1) is 5.86. The van der Waals surface area contributed by atoms with Gasteiger partial charge in [-0.15, -0.1) is 0 Å². The van der Waals surface area contributed by atoms with Crippen molar-refractivity contribution in [1.82, 2.24) is 4.98 Å². The number of nitrogens with two attached hydrogens (primary N) is 1. The van der Waals surface area contributed by atoms with Gasteiger partial charge in [0.05, 0.1) is 11.9 Å². The zero-order valence-corrected chi connectivity index (χ0v) is 6.90. The van der Waals surface area contributed by atoms with Gasteiger partial charge in [0.15, 0.2) is 0 Å². The molecule has 1 saturated heterocycles. The predicted octanol–water partition coefficient (Wildman–Crippen LogP) is 1.08. The molecule has 63 valence electrons. The minimum absolute atomic E-state index is 0.724. The second kappa shape index (κ2) is 3.01. The molecule has 0 bridgehead atoms. The zero-order valence-electron chi connectivity index (χ0n) is 6.90. The van der Waals surface area contributed by atoms with E-state index < -0.39 is 0 Å². The smallest absolute Gasteiger partial charge is 0.128 e. The van der Waals surface area contributed by atoms with Gasteiger partial charge in [0.1, 0.15) is 5.82 Å². The van der Waals surface area contributed by atoms with Gasteiger partial charge in [0.2, 0.25) is 0 Å². The number of nitrogens with zero attached hydrogens (tertiary/aromatic N) is 2. The molecule has 0 spiro atoms. The van der Waals surface area contributed by atoms with E-state index in [1.165, 1.54) is 0 Å². The highest BCUT2D eigenvalue weighted by atomic mass is 15.2. The van der Waals surface area contributed by atoms with E-state index in [4.69, 9.17) is 5.73 Å². The molecule has 0 unspecified atom stereocenters. The minimum atomic E-state index is 0.724. The van der Waals surface area contributed by atoms with Gasteiger partial charge in [-0.2, -0.15) is 0 Å². The summed E-state index contributed by atoms with van der Waals surface area (Å²) in [7, 11) is 0. The summed E-state index contributed by atoms with van der Waals surface area (Å²) < 4.78 is 0. The maximum atomic E-state index is 5.54. The summed E-state index contributed by atoms with van der Waals surface area (Å²) in [6.07, 6.45) is 5.12. The summed E-state index contributed by atoms with van der Waals surface area (Å²) in [4.78, 5) is 6.48. The fraction of sp³-hybridized carbons (Fsp3) is 0.333. The van der Waals surface area contributed by atoms with E-state index in [-0.39, 0.29) is 0 Å². The monoisotopic (exact) mass is 162 g/mol. The number of anilines is 2. The van der Waals surface area contributed by atoms with Gasteiger partial charge < -0.3 is 10.6 Å². The lowest BCUT2D eigenvalue weighted by atomic mass is 10.4. The molecule has 1 aliphatic rings. The van der Waals surface area contributed by atoms with Gasteiger partial charge in [0, 0.05) is 13.1 Å². The number of pyridine rings is 1. The maximum Gasteiger partial charge on any atom is 0.128 e. The Morgan fingerprint density at radius 3 is 2.92 bits per heavy atom. The van der Waals surface area contributed by atoms with Crippen molar-refractivity contribution < 1.29 is 0 Å². The topological polar surface area (TPSA) is 42.1 Å². The maximum absolute atomic E-state index is 5.54. The van der Waals surface area contributed by atoms with Gasteiger partial charge in [-0.05, 0) is 25.0 Å². The highest BCUT2D eigenvalue weighted by Crippen LogP contribution is 2.17. The Morgan fingerprint density at radius 2 is 2.33 bits per heavy atom. The molecule has 0 aromatic carbocycles. The summed E-state index contributed by atoms with van der Waals surface area (Å²) >= 11 is 0. The van der Waals surface area contributed by atoms with Crippen molar-refractivity contribution in [1.29, 1.82) is 0 Å². The highest BCUT2D eigenvalue weighted by Gasteiger charge is 2.12. The Bertz CT molecular complexity index is 249. The predicted molar refractivity (Wildman–Crippen MR) is 49.8 cm³/mol. The summed E-state index contributed by atoms with van der Waals surface area (Å²) in [5, 5.41) is 0. The number of aromatic nitrogens is 1. The molecule has 2 rings (SSSR count). The number of rotatable bonds is 1. The van der Waals surface area contributed by atoms with E-state index in [0.717, 1.165) is 31.0 Å². The summed E-state index contributed by atoms with van der Waals surface area (Å²) in [6, 6.07) is 3.86. The molecule has 3 heteroatoms. The van der Waals surface area contributed by atoms with Crippen molar-refractivity contribution in [2.45, 2.75) is 6.42 Å². The second-order valence-corrected chi connectivity index (χ2v) is 2.97. The van der Waals surface area contributed by atoms with E-state index >= 15 is 0 Å². The molecule has 1 aromatic heterocycles.